The molecule has 200 valence electrons. The highest BCUT2D eigenvalue weighted by atomic mass is 14.9. The molecule has 1 N–H and O–H groups in total. The van der Waals surface area contributed by atoms with Crippen LogP contribution >= 0.6 is 0 Å². The monoisotopic (exact) mass is 505 g/mol. The zero-order valence-corrected chi connectivity index (χ0v) is 23.3. The summed E-state index contributed by atoms with van der Waals surface area (Å²) in [5.74, 6) is 6.58. The summed E-state index contributed by atoms with van der Waals surface area (Å²) in [6.07, 6.45) is 20.6. The van der Waals surface area contributed by atoms with Crippen molar-refractivity contribution in [1.29, 1.82) is 0 Å². The van der Waals surface area contributed by atoms with Crippen LogP contribution in [0.4, 0.5) is 0 Å². The first kappa shape index (κ1) is 23.1. The molecule has 1 heteroatoms. The van der Waals surface area contributed by atoms with Gasteiger partial charge in [0.25, 0.3) is 0 Å². The standard InChI is InChI=1S/C37H47N/c1-2-34(38-11-1)35(30-3-7-32(8-4-30)36-18-24-12-25(19-36)14-26(13-24)20-36)31-5-9-33(10-6-31)37-21-27-15-28(22-37)17-29(16-27)23-37/h3-10,24-29,34-35,38H,1-2,11-23H2/t24?,25?,26?,27?,28?,29?,34-,35?,36?,37?/m1/s1. The molecule has 0 amide bonds. The molecule has 38 heavy (non-hydrogen) atoms. The summed E-state index contributed by atoms with van der Waals surface area (Å²) in [6.45, 7) is 1.18. The van der Waals surface area contributed by atoms with Crippen LogP contribution in [0.3, 0.4) is 0 Å². The quantitative estimate of drug-likeness (QED) is 0.429. The molecule has 9 fully saturated rings. The van der Waals surface area contributed by atoms with Gasteiger partial charge < -0.3 is 5.32 Å². The topological polar surface area (TPSA) is 12.0 Å². The lowest BCUT2D eigenvalue weighted by atomic mass is 9.48. The fourth-order valence-corrected chi connectivity index (χ4v) is 12.7. The molecule has 9 aliphatic rings. The smallest absolute Gasteiger partial charge is 0.0243 e. The highest BCUT2D eigenvalue weighted by molar-refractivity contribution is 5.41. The van der Waals surface area contributed by atoms with Crippen molar-refractivity contribution in [2.24, 2.45) is 35.5 Å². The van der Waals surface area contributed by atoms with E-state index in [2.05, 4.69) is 53.8 Å². The average molecular weight is 506 g/mol. The fraction of sp³-hybridized carbons (Fsp3) is 0.676. The van der Waals surface area contributed by atoms with Gasteiger partial charge in [-0.15, -0.1) is 0 Å². The number of nitrogens with one attached hydrogen (secondary N) is 1. The highest BCUT2D eigenvalue weighted by Crippen LogP contribution is 2.62. The van der Waals surface area contributed by atoms with Gasteiger partial charge in [0.1, 0.15) is 0 Å². The van der Waals surface area contributed by atoms with E-state index in [0.29, 0.717) is 22.8 Å². The second-order valence-electron chi connectivity index (χ2n) is 15.8. The summed E-state index contributed by atoms with van der Waals surface area (Å²) in [7, 11) is 0. The Morgan fingerprint density at radius 3 is 1.21 bits per heavy atom. The third-order valence-electron chi connectivity index (χ3n) is 13.3. The number of benzene rings is 2. The van der Waals surface area contributed by atoms with Crippen LogP contribution in [0, 0.1) is 35.5 Å². The zero-order chi connectivity index (χ0) is 24.9. The molecule has 1 heterocycles. The Balaban J connectivity index is 1.02. The number of hydrogen-bond donors (Lipinski definition) is 1. The van der Waals surface area contributed by atoms with E-state index < -0.39 is 0 Å². The second-order valence-corrected chi connectivity index (χ2v) is 15.8. The molecule has 1 aliphatic heterocycles. The van der Waals surface area contributed by atoms with Crippen LogP contribution in [0.1, 0.15) is 118 Å². The van der Waals surface area contributed by atoms with Crippen molar-refractivity contribution in [3.8, 4) is 0 Å². The molecule has 0 aromatic heterocycles. The molecule has 0 spiro atoms. The first-order valence-corrected chi connectivity index (χ1v) is 16.6. The molecule has 0 radical (unpaired) electrons. The van der Waals surface area contributed by atoms with E-state index in [1.54, 1.807) is 22.3 Å². The van der Waals surface area contributed by atoms with E-state index in [1.807, 2.05) is 0 Å². The van der Waals surface area contributed by atoms with Crippen LogP contribution in [-0.4, -0.2) is 12.6 Å². The van der Waals surface area contributed by atoms with Crippen molar-refractivity contribution in [1.82, 2.24) is 5.32 Å². The van der Waals surface area contributed by atoms with E-state index in [4.69, 9.17) is 0 Å². The Morgan fingerprint density at radius 2 is 0.895 bits per heavy atom. The van der Waals surface area contributed by atoms with Gasteiger partial charge in [-0.1, -0.05) is 48.5 Å². The number of hydrogen-bond acceptors (Lipinski definition) is 1. The predicted octanol–water partition coefficient (Wildman–Crippen LogP) is 8.51. The van der Waals surface area contributed by atoms with E-state index in [1.165, 1.54) is 96.4 Å². The molecular weight excluding hydrogens is 458 g/mol. The molecular formula is C37H47N. The molecule has 8 saturated carbocycles. The van der Waals surface area contributed by atoms with Crippen LogP contribution in [0.25, 0.3) is 0 Å². The molecule has 8 aliphatic carbocycles. The Bertz CT molecular complexity index is 1020. The lowest BCUT2D eigenvalue weighted by Crippen LogP contribution is -2.48. The van der Waals surface area contributed by atoms with Crippen LogP contribution in [-0.2, 0) is 10.8 Å². The summed E-state index contributed by atoms with van der Waals surface area (Å²) in [6, 6.07) is 21.1. The summed E-state index contributed by atoms with van der Waals surface area (Å²) in [5.41, 5.74) is 7.45. The van der Waals surface area contributed by atoms with Crippen molar-refractivity contribution in [3.63, 3.8) is 0 Å². The first-order chi connectivity index (χ1) is 18.6. The average Bonchev–Trinajstić information content (AvgIpc) is 3.43. The van der Waals surface area contributed by atoms with E-state index >= 15 is 0 Å². The van der Waals surface area contributed by atoms with Crippen LogP contribution in [0.5, 0.6) is 0 Å². The van der Waals surface area contributed by atoms with E-state index in [0.717, 1.165) is 35.5 Å². The normalized spacial score (nSPS) is 45.1. The van der Waals surface area contributed by atoms with Crippen molar-refractivity contribution in [2.75, 3.05) is 6.54 Å². The van der Waals surface area contributed by atoms with Crippen molar-refractivity contribution >= 4 is 0 Å². The maximum absolute atomic E-state index is 3.90. The highest BCUT2D eigenvalue weighted by Gasteiger charge is 2.52. The first-order valence-electron chi connectivity index (χ1n) is 16.6. The summed E-state index contributed by atoms with van der Waals surface area (Å²) in [4.78, 5) is 0. The Morgan fingerprint density at radius 1 is 0.526 bits per heavy atom. The van der Waals surface area contributed by atoms with Gasteiger partial charge in [0.05, 0.1) is 0 Å². The minimum absolute atomic E-state index is 0.480. The molecule has 0 unspecified atom stereocenters. The van der Waals surface area contributed by atoms with Gasteiger partial charge in [0.2, 0.25) is 0 Å². The van der Waals surface area contributed by atoms with Gasteiger partial charge in [0.15, 0.2) is 0 Å². The molecule has 8 bridgehead atoms. The summed E-state index contributed by atoms with van der Waals surface area (Å²) < 4.78 is 0. The van der Waals surface area contributed by atoms with E-state index in [9.17, 15) is 0 Å². The summed E-state index contributed by atoms with van der Waals surface area (Å²) >= 11 is 0. The minimum atomic E-state index is 0.480. The van der Waals surface area contributed by atoms with Gasteiger partial charge in [0, 0.05) is 12.0 Å². The lowest BCUT2D eigenvalue weighted by Gasteiger charge is -2.57. The van der Waals surface area contributed by atoms with Crippen molar-refractivity contribution in [3.05, 3.63) is 70.8 Å². The van der Waals surface area contributed by atoms with Crippen LogP contribution < -0.4 is 5.32 Å². The SMILES string of the molecule is c1cc(C23CC4CC(CC(C4)C2)C3)ccc1C(c1ccc(C23CC4CC(CC(C4)C2)C3)cc1)[C@H]1CCCN1. The zero-order valence-electron chi connectivity index (χ0n) is 23.3. The third-order valence-corrected chi connectivity index (χ3v) is 13.3. The Labute approximate surface area is 230 Å². The Kier molecular flexibility index (Phi) is 5.15. The molecule has 1 atom stereocenters. The fourth-order valence-electron chi connectivity index (χ4n) is 12.7. The second kappa shape index (κ2) is 8.45. The number of rotatable bonds is 5. The molecule has 11 rings (SSSR count). The van der Waals surface area contributed by atoms with Crippen LogP contribution in [0.2, 0.25) is 0 Å². The van der Waals surface area contributed by atoms with Gasteiger partial charge in [-0.05, 0) is 165 Å². The molecule has 2 aromatic rings. The van der Waals surface area contributed by atoms with Gasteiger partial charge in [-0.25, -0.2) is 0 Å². The largest absolute Gasteiger partial charge is 0.313 e. The minimum Gasteiger partial charge on any atom is -0.313 e. The van der Waals surface area contributed by atoms with Gasteiger partial charge in [-0.2, -0.15) is 0 Å². The maximum Gasteiger partial charge on any atom is 0.0243 e. The molecule has 1 nitrogen and oxygen atoms in total. The maximum atomic E-state index is 3.90. The third kappa shape index (κ3) is 3.59. The van der Waals surface area contributed by atoms with Gasteiger partial charge in [-0.3, -0.25) is 0 Å². The molecule has 1 saturated heterocycles. The predicted molar refractivity (Wildman–Crippen MR) is 155 cm³/mol. The van der Waals surface area contributed by atoms with Crippen molar-refractivity contribution < 1.29 is 0 Å². The van der Waals surface area contributed by atoms with E-state index in [-0.39, 0.29) is 0 Å². The van der Waals surface area contributed by atoms with Crippen molar-refractivity contribution in [2.45, 2.75) is 113 Å². The van der Waals surface area contributed by atoms with Crippen LogP contribution in [0.15, 0.2) is 48.5 Å². The lowest BCUT2D eigenvalue weighted by molar-refractivity contribution is -0.00530. The Hall–Kier alpha value is -1.60. The molecule has 2 aromatic carbocycles. The summed E-state index contributed by atoms with van der Waals surface area (Å²) in [5, 5.41) is 3.90. The van der Waals surface area contributed by atoms with Gasteiger partial charge >= 0.3 is 0 Å².